The molecule has 5 heteroatoms. The Morgan fingerprint density at radius 3 is 3.00 bits per heavy atom. The quantitative estimate of drug-likeness (QED) is 0.806. The van der Waals surface area contributed by atoms with Gasteiger partial charge in [-0.05, 0) is 19.8 Å². The minimum absolute atomic E-state index is 0.328. The number of ether oxygens (including phenoxy) is 1. The summed E-state index contributed by atoms with van der Waals surface area (Å²) in [7, 11) is 0. The monoisotopic (exact) mass is 211 g/mol. The van der Waals surface area contributed by atoms with E-state index >= 15 is 0 Å². The van der Waals surface area contributed by atoms with Crippen molar-refractivity contribution in [1.29, 1.82) is 0 Å². The van der Waals surface area contributed by atoms with Crippen LogP contribution in [-0.4, -0.2) is 29.0 Å². The van der Waals surface area contributed by atoms with Crippen molar-refractivity contribution in [2.45, 2.75) is 45.4 Å². The van der Waals surface area contributed by atoms with Crippen molar-refractivity contribution in [3.05, 3.63) is 11.8 Å². The van der Waals surface area contributed by atoms with Crippen LogP contribution in [0.25, 0.3) is 0 Å². The van der Waals surface area contributed by atoms with Gasteiger partial charge in [-0.1, -0.05) is 0 Å². The topological polar surface area (TPSA) is 60.2 Å². The zero-order chi connectivity index (χ0) is 10.7. The maximum atomic E-state index is 5.58. The second-order valence-corrected chi connectivity index (χ2v) is 3.94. The Hall–Kier alpha value is -0.940. The molecule has 1 aromatic heterocycles. The van der Waals surface area contributed by atoms with Crippen molar-refractivity contribution in [2.75, 3.05) is 6.61 Å². The fourth-order valence-electron chi connectivity index (χ4n) is 1.79. The molecule has 0 amide bonds. The van der Waals surface area contributed by atoms with Gasteiger partial charge in [-0.3, -0.25) is 0 Å². The summed E-state index contributed by atoms with van der Waals surface area (Å²) in [5.41, 5.74) is 0. The molecular weight excluding hydrogens is 194 g/mol. The molecule has 5 nitrogen and oxygen atoms in total. The predicted molar refractivity (Wildman–Crippen MR) is 54.3 cm³/mol. The van der Waals surface area contributed by atoms with Crippen molar-refractivity contribution >= 4 is 0 Å². The highest BCUT2D eigenvalue weighted by Gasteiger charge is 2.22. The third-order valence-corrected chi connectivity index (χ3v) is 2.67. The zero-order valence-corrected chi connectivity index (χ0v) is 9.19. The number of aromatic nitrogens is 2. The molecular formula is C10H17N3O2. The van der Waals surface area contributed by atoms with E-state index in [9.17, 15) is 0 Å². The molecule has 1 aliphatic heterocycles. The lowest BCUT2D eigenvalue weighted by Gasteiger charge is -2.18. The molecule has 84 valence electrons. The Labute approximate surface area is 89.2 Å². The molecule has 1 N–H and O–H groups in total. The molecule has 15 heavy (non-hydrogen) atoms. The second-order valence-electron chi connectivity index (χ2n) is 3.94. The number of aryl methyl sites for hydroxylation is 1. The van der Waals surface area contributed by atoms with Crippen LogP contribution >= 0.6 is 0 Å². The minimum Gasteiger partial charge on any atom is -0.424 e. The SMILES string of the molecule is Cc1nnc(CN[C@@H](C)[C@H]2CCCO2)o1. The normalized spacial score (nSPS) is 23.2. The Morgan fingerprint density at radius 2 is 2.40 bits per heavy atom. The van der Waals surface area contributed by atoms with Crippen molar-refractivity contribution in [1.82, 2.24) is 15.5 Å². The third-order valence-electron chi connectivity index (χ3n) is 2.67. The third kappa shape index (κ3) is 2.76. The summed E-state index contributed by atoms with van der Waals surface area (Å²) in [6.07, 6.45) is 2.63. The molecule has 1 aromatic rings. The van der Waals surface area contributed by atoms with Gasteiger partial charge in [-0.15, -0.1) is 10.2 Å². The molecule has 1 fully saturated rings. The van der Waals surface area contributed by atoms with Crippen LogP contribution in [0.3, 0.4) is 0 Å². The van der Waals surface area contributed by atoms with Gasteiger partial charge in [0.2, 0.25) is 11.8 Å². The van der Waals surface area contributed by atoms with E-state index in [2.05, 4.69) is 22.4 Å². The standard InChI is InChI=1S/C10H17N3O2/c1-7(9-4-3-5-14-9)11-6-10-13-12-8(2)15-10/h7,9,11H,3-6H2,1-2H3/t7-,9+/m0/s1. The molecule has 0 radical (unpaired) electrons. The van der Waals surface area contributed by atoms with Gasteiger partial charge in [0.05, 0.1) is 12.6 Å². The van der Waals surface area contributed by atoms with Gasteiger partial charge < -0.3 is 14.5 Å². The molecule has 0 bridgehead atoms. The van der Waals surface area contributed by atoms with E-state index in [-0.39, 0.29) is 0 Å². The summed E-state index contributed by atoms with van der Waals surface area (Å²) < 4.78 is 10.9. The Balaban J connectivity index is 1.77. The van der Waals surface area contributed by atoms with E-state index in [0.29, 0.717) is 30.5 Å². The van der Waals surface area contributed by atoms with Crippen molar-refractivity contribution in [3.63, 3.8) is 0 Å². The maximum absolute atomic E-state index is 5.58. The van der Waals surface area contributed by atoms with Crippen LogP contribution in [0.5, 0.6) is 0 Å². The molecule has 0 spiro atoms. The van der Waals surface area contributed by atoms with Gasteiger partial charge >= 0.3 is 0 Å². The second kappa shape index (κ2) is 4.72. The van der Waals surface area contributed by atoms with Gasteiger partial charge in [0.25, 0.3) is 0 Å². The Morgan fingerprint density at radius 1 is 1.53 bits per heavy atom. The molecule has 0 unspecified atom stereocenters. The smallest absolute Gasteiger partial charge is 0.230 e. The molecule has 0 aromatic carbocycles. The van der Waals surface area contributed by atoms with Crippen molar-refractivity contribution < 1.29 is 9.15 Å². The average molecular weight is 211 g/mol. The van der Waals surface area contributed by atoms with Gasteiger partial charge in [0.1, 0.15) is 0 Å². The Kier molecular flexibility index (Phi) is 3.33. The van der Waals surface area contributed by atoms with Gasteiger partial charge in [0.15, 0.2) is 0 Å². The van der Waals surface area contributed by atoms with E-state index in [1.807, 2.05) is 0 Å². The number of hydrogen-bond donors (Lipinski definition) is 1. The molecule has 1 saturated heterocycles. The number of hydrogen-bond acceptors (Lipinski definition) is 5. The minimum atomic E-state index is 0.328. The zero-order valence-electron chi connectivity index (χ0n) is 9.19. The van der Waals surface area contributed by atoms with Crippen LogP contribution in [0.1, 0.15) is 31.5 Å². The summed E-state index contributed by atoms with van der Waals surface area (Å²) in [6, 6.07) is 0.333. The Bertz CT molecular complexity index is 307. The van der Waals surface area contributed by atoms with E-state index < -0.39 is 0 Å². The summed E-state index contributed by atoms with van der Waals surface area (Å²) in [5, 5.41) is 11.0. The maximum Gasteiger partial charge on any atom is 0.230 e. The fourth-order valence-corrected chi connectivity index (χ4v) is 1.79. The largest absolute Gasteiger partial charge is 0.424 e. The van der Waals surface area contributed by atoms with Crippen LogP contribution in [0, 0.1) is 6.92 Å². The lowest BCUT2D eigenvalue weighted by atomic mass is 10.1. The number of nitrogens with one attached hydrogen (secondary N) is 1. The highest BCUT2D eigenvalue weighted by atomic mass is 16.5. The predicted octanol–water partition coefficient (Wildman–Crippen LogP) is 1.04. The fraction of sp³-hybridized carbons (Fsp3) is 0.800. The first-order chi connectivity index (χ1) is 7.25. The van der Waals surface area contributed by atoms with Crippen LogP contribution in [0.4, 0.5) is 0 Å². The molecule has 2 rings (SSSR count). The van der Waals surface area contributed by atoms with Crippen LogP contribution in [-0.2, 0) is 11.3 Å². The molecule has 0 saturated carbocycles. The average Bonchev–Trinajstić information content (AvgIpc) is 2.84. The highest BCUT2D eigenvalue weighted by molar-refractivity contribution is 4.82. The first kappa shape index (κ1) is 10.6. The van der Waals surface area contributed by atoms with E-state index in [1.165, 1.54) is 0 Å². The van der Waals surface area contributed by atoms with E-state index in [4.69, 9.17) is 9.15 Å². The van der Waals surface area contributed by atoms with Crippen LogP contribution < -0.4 is 5.32 Å². The van der Waals surface area contributed by atoms with Gasteiger partial charge in [-0.25, -0.2) is 0 Å². The van der Waals surface area contributed by atoms with Gasteiger partial charge in [0, 0.05) is 19.6 Å². The number of nitrogens with zero attached hydrogens (tertiary/aromatic N) is 2. The summed E-state index contributed by atoms with van der Waals surface area (Å²) in [4.78, 5) is 0. The number of rotatable bonds is 4. The summed E-state index contributed by atoms with van der Waals surface area (Å²) in [5.74, 6) is 1.24. The van der Waals surface area contributed by atoms with Crippen molar-refractivity contribution in [3.8, 4) is 0 Å². The lowest BCUT2D eigenvalue weighted by molar-refractivity contribution is 0.0824. The van der Waals surface area contributed by atoms with Crippen LogP contribution in [0.15, 0.2) is 4.42 Å². The molecule has 2 heterocycles. The van der Waals surface area contributed by atoms with Gasteiger partial charge in [-0.2, -0.15) is 0 Å². The molecule has 1 aliphatic rings. The highest BCUT2D eigenvalue weighted by Crippen LogP contribution is 2.15. The lowest BCUT2D eigenvalue weighted by Crippen LogP contribution is -2.36. The van der Waals surface area contributed by atoms with E-state index in [0.717, 1.165) is 19.4 Å². The first-order valence-electron chi connectivity index (χ1n) is 5.39. The van der Waals surface area contributed by atoms with Crippen molar-refractivity contribution in [2.24, 2.45) is 0 Å². The van der Waals surface area contributed by atoms with Crippen LogP contribution in [0.2, 0.25) is 0 Å². The summed E-state index contributed by atoms with van der Waals surface area (Å²) in [6.45, 7) is 5.41. The molecule has 2 atom stereocenters. The summed E-state index contributed by atoms with van der Waals surface area (Å²) >= 11 is 0. The molecule has 0 aliphatic carbocycles. The van der Waals surface area contributed by atoms with E-state index in [1.54, 1.807) is 6.92 Å². The first-order valence-corrected chi connectivity index (χ1v) is 5.39.